The van der Waals surface area contributed by atoms with Crippen LogP contribution < -0.4 is 5.73 Å². The lowest BCUT2D eigenvalue weighted by Gasteiger charge is -2.04. The molecular formula is C7H6BrClFN. The topological polar surface area (TPSA) is 26.0 Å². The van der Waals surface area contributed by atoms with E-state index in [1.165, 1.54) is 6.07 Å². The van der Waals surface area contributed by atoms with Gasteiger partial charge in [-0.15, -0.1) is 0 Å². The molecule has 0 heterocycles. The first kappa shape index (κ1) is 8.81. The van der Waals surface area contributed by atoms with Crippen molar-refractivity contribution in [2.75, 3.05) is 5.73 Å². The number of nitrogens with two attached hydrogens (primary N) is 1. The van der Waals surface area contributed by atoms with Gasteiger partial charge in [-0.05, 0) is 34.5 Å². The molecule has 0 spiro atoms. The van der Waals surface area contributed by atoms with Gasteiger partial charge in [0.15, 0.2) is 0 Å². The molecule has 0 fully saturated rings. The summed E-state index contributed by atoms with van der Waals surface area (Å²) in [5.41, 5.74) is 6.62. The number of benzene rings is 1. The first-order valence-electron chi connectivity index (χ1n) is 2.93. The SMILES string of the molecule is Cc1c(N)cc(F)c(Cl)c1Br. The highest BCUT2D eigenvalue weighted by molar-refractivity contribution is 9.10. The summed E-state index contributed by atoms with van der Waals surface area (Å²) in [6, 6.07) is 1.21. The quantitative estimate of drug-likeness (QED) is 0.545. The molecule has 0 aliphatic carbocycles. The molecule has 11 heavy (non-hydrogen) atoms. The molecule has 0 aliphatic rings. The standard InChI is InChI=1S/C7H6BrClFN/c1-3-5(11)2-4(10)7(9)6(3)8/h2H,11H2,1H3. The molecule has 4 heteroatoms. The predicted octanol–water partition coefficient (Wildman–Crippen LogP) is 3.13. The minimum atomic E-state index is -0.498. The van der Waals surface area contributed by atoms with Gasteiger partial charge in [-0.1, -0.05) is 11.6 Å². The van der Waals surface area contributed by atoms with Crippen molar-refractivity contribution in [2.45, 2.75) is 6.92 Å². The average Bonchev–Trinajstić information content (AvgIpc) is 1.97. The van der Waals surface area contributed by atoms with Gasteiger partial charge in [-0.25, -0.2) is 4.39 Å². The molecule has 0 saturated carbocycles. The van der Waals surface area contributed by atoms with Gasteiger partial charge in [-0.2, -0.15) is 0 Å². The molecule has 60 valence electrons. The third-order valence-electron chi connectivity index (χ3n) is 1.45. The van der Waals surface area contributed by atoms with Crippen LogP contribution in [0, 0.1) is 12.7 Å². The normalized spacial score (nSPS) is 10.2. The van der Waals surface area contributed by atoms with Gasteiger partial charge in [0.05, 0.1) is 5.02 Å². The third kappa shape index (κ3) is 1.49. The van der Waals surface area contributed by atoms with Gasteiger partial charge in [0.25, 0.3) is 0 Å². The zero-order chi connectivity index (χ0) is 8.59. The van der Waals surface area contributed by atoms with Gasteiger partial charge in [0.2, 0.25) is 0 Å². The van der Waals surface area contributed by atoms with Gasteiger partial charge in [0.1, 0.15) is 5.82 Å². The lowest BCUT2D eigenvalue weighted by atomic mass is 10.2. The smallest absolute Gasteiger partial charge is 0.145 e. The van der Waals surface area contributed by atoms with E-state index in [2.05, 4.69) is 15.9 Å². The van der Waals surface area contributed by atoms with Crippen LogP contribution in [0.25, 0.3) is 0 Å². The summed E-state index contributed by atoms with van der Waals surface area (Å²) in [6.45, 7) is 1.77. The van der Waals surface area contributed by atoms with Crippen molar-refractivity contribution in [1.29, 1.82) is 0 Å². The fourth-order valence-electron chi connectivity index (χ4n) is 0.704. The molecule has 0 bridgehead atoms. The highest BCUT2D eigenvalue weighted by Gasteiger charge is 2.09. The van der Waals surface area contributed by atoms with Crippen LogP contribution in [0.2, 0.25) is 5.02 Å². The molecule has 0 amide bonds. The lowest BCUT2D eigenvalue weighted by Crippen LogP contribution is -1.93. The van der Waals surface area contributed by atoms with Crippen LogP contribution in [0.4, 0.5) is 10.1 Å². The Kier molecular flexibility index (Phi) is 2.40. The Hall–Kier alpha value is -0.280. The van der Waals surface area contributed by atoms with Crippen LogP contribution in [0.3, 0.4) is 0 Å². The summed E-state index contributed by atoms with van der Waals surface area (Å²) in [7, 11) is 0. The third-order valence-corrected chi connectivity index (χ3v) is 3.04. The molecule has 0 saturated heterocycles. The van der Waals surface area contributed by atoms with E-state index in [-0.39, 0.29) is 5.02 Å². The van der Waals surface area contributed by atoms with E-state index in [1.807, 2.05) is 0 Å². The minimum Gasteiger partial charge on any atom is -0.398 e. The Bertz CT molecular complexity index is 275. The van der Waals surface area contributed by atoms with E-state index in [9.17, 15) is 4.39 Å². The van der Waals surface area contributed by atoms with Crippen LogP contribution in [0.1, 0.15) is 5.56 Å². The Balaban J connectivity index is 3.46. The first-order chi connectivity index (χ1) is 5.04. The molecule has 0 atom stereocenters. The number of hydrogen-bond donors (Lipinski definition) is 1. The summed E-state index contributed by atoms with van der Waals surface area (Å²) in [5, 5.41) is 0.0803. The number of rotatable bonds is 0. The molecule has 1 nitrogen and oxygen atoms in total. The Morgan fingerprint density at radius 2 is 2.18 bits per heavy atom. The number of nitrogen functional groups attached to an aromatic ring is 1. The van der Waals surface area contributed by atoms with Crippen LogP contribution in [-0.4, -0.2) is 0 Å². The number of hydrogen-bond acceptors (Lipinski definition) is 1. The molecule has 0 aliphatic heterocycles. The molecular weight excluding hydrogens is 232 g/mol. The summed E-state index contributed by atoms with van der Waals surface area (Å²) in [4.78, 5) is 0. The van der Waals surface area contributed by atoms with Crippen molar-refractivity contribution in [3.63, 3.8) is 0 Å². The predicted molar refractivity (Wildman–Crippen MR) is 48.3 cm³/mol. The fraction of sp³-hybridized carbons (Fsp3) is 0.143. The highest BCUT2D eigenvalue weighted by atomic mass is 79.9. The molecule has 0 aromatic heterocycles. The Morgan fingerprint density at radius 1 is 1.64 bits per heavy atom. The van der Waals surface area contributed by atoms with E-state index in [0.717, 1.165) is 5.56 Å². The van der Waals surface area contributed by atoms with Crippen molar-refractivity contribution < 1.29 is 4.39 Å². The van der Waals surface area contributed by atoms with Gasteiger partial charge < -0.3 is 5.73 Å². The second-order valence-electron chi connectivity index (χ2n) is 2.20. The molecule has 1 aromatic carbocycles. The number of anilines is 1. The van der Waals surface area contributed by atoms with Gasteiger partial charge >= 0.3 is 0 Å². The lowest BCUT2D eigenvalue weighted by molar-refractivity contribution is 0.627. The second kappa shape index (κ2) is 2.99. The molecule has 2 N–H and O–H groups in total. The summed E-state index contributed by atoms with van der Waals surface area (Å²) < 4.78 is 13.3. The largest absolute Gasteiger partial charge is 0.398 e. The Labute approximate surface area is 77.5 Å². The first-order valence-corrected chi connectivity index (χ1v) is 4.10. The summed E-state index contributed by atoms with van der Waals surface area (Å²) >= 11 is 8.71. The van der Waals surface area contributed by atoms with E-state index in [0.29, 0.717) is 10.2 Å². The second-order valence-corrected chi connectivity index (χ2v) is 3.37. The Morgan fingerprint density at radius 3 is 2.73 bits per heavy atom. The van der Waals surface area contributed by atoms with Crippen LogP contribution in [-0.2, 0) is 0 Å². The average molecular weight is 238 g/mol. The maximum atomic E-state index is 12.8. The zero-order valence-electron chi connectivity index (χ0n) is 5.79. The van der Waals surface area contributed by atoms with E-state index in [1.54, 1.807) is 6.92 Å². The van der Waals surface area contributed by atoms with Crippen LogP contribution >= 0.6 is 27.5 Å². The van der Waals surface area contributed by atoms with Crippen molar-refractivity contribution in [2.24, 2.45) is 0 Å². The van der Waals surface area contributed by atoms with Gasteiger partial charge in [0, 0.05) is 10.2 Å². The van der Waals surface area contributed by atoms with Gasteiger partial charge in [-0.3, -0.25) is 0 Å². The summed E-state index contributed by atoms with van der Waals surface area (Å²) in [5.74, 6) is -0.498. The monoisotopic (exact) mass is 237 g/mol. The van der Waals surface area contributed by atoms with Crippen LogP contribution in [0.15, 0.2) is 10.5 Å². The van der Waals surface area contributed by atoms with Crippen molar-refractivity contribution in [1.82, 2.24) is 0 Å². The zero-order valence-corrected chi connectivity index (χ0v) is 8.13. The highest BCUT2D eigenvalue weighted by Crippen LogP contribution is 2.32. The maximum Gasteiger partial charge on any atom is 0.145 e. The molecule has 0 radical (unpaired) electrons. The van der Waals surface area contributed by atoms with E-state index >= 15 is 0 Å². The summed E-state index contributed by atoms with van der Waals surface area (Å²) in [6.07, 6.45) is 0. The molecule has 0 unspecified atom stereocenters. The van der Waals surface area contributed by atoms with E-state index in [4.69, 9.17) is 17.3 Å². The van der Waals surface area contributed by atoms with Crippen LogP contribution in [0.5, 0.6) is 0 Å². The fourth-order valence-corrected chi connectivity index (χ4v) is 1.32. The van der Waals surface area contributed by atoms with Crippen molar-refractivity contribution in [3.8, 4) is 0 Å². The molecule has 1 aromatic rings. The minimum absolute atomic E-state index is 0.0803. The van der Waals surface area contributed by atoms with E-state index < -0.39 is 5.82 Å². The number of halogens is 3. The van der Waals surface area contributed by atoms with Crippen molar-refractivity contribution in [3.05, 3.63) is 26.9 Å². The van der Waals surface area contributed by atoms with Crippen molar-refractivity contribution >= 4 is 33.2 Å². The maximum absolute atomic E-state index is 12.8. The molecule has 1 rings (SSSR count).